The molecular weight excluding hydrogens is 204 g/mol. The van der Waals surface area contributed by atoms with Crippen LogP contribution in [0.1, 0.15) is 51.9 Å². The van der Waals surface area contributed by atoms with Crippen molar-refractivity contribution in [1.82, 2.24) is 10.6 Å². The van der Waals surface area contributed by atoms with Gasteiger partial charge in [-0.3, -0.25) is 0 Å². The lowest BCUT2D eigenvalue weighted by Crippen LogP contribution is -2.36. The van der Waals surface area contributed by atoms with Gasteiger partial charge in [0.2, 0.25) is 0 Å². The van der Waals surface area contributed by atoms with Crippen molar-refractivity contribution in [3.63, 3.8) is 0 Å². The lowest BCUT2D eigenvalue weighted by molar-refractivity contribution is 0.499. The second kappa shape index (κ2) is 7.91. The highest BCUT2D eigenvalue weighted by Crippen LogP contribution is 2.26. The molecule has 0 amide bonds. The van der Waals surface area contributed by atoms with E-state index in [0.717, 1.165) is 24.1 Å². The van der Waals surface area contributed by atoms with Crippen LogP contribution in [-0.4, -0.2) is 18.2 Å². The molecule has 1 fully saturated rings. The molecule has 1 aliphatic carbocycles. The molecule has 1 aliphatic rings. The maximum Gasteiger partial charge on any atom is 0.166 e. The molecule has 0 spiro atoms. The van der Waals surface area contributed by atoms with E-state index in [1.807, 2.05) is 0 Å². The van der Waals surface area contributed by atoms with Crippen molar-refractivity contribution >= 4 is 17.3 Å². The molecule has 1 rings (SSSR count). The van der Waals surface area contributed by atoms with Gasteiger partial charge in [0.15, 0.2) is 5.11 Å². The van der Waals surface area contributed by atoms with E-state index in [4.69, 9.17) is 12.2 Å². The van der Waals surface area contributed by atoms with Gasteiger partial charge in [-0.05, 0) is 31.0 Å². The Morgan fingerprint density at radius 2 is 1.87 bits per heavy atom. The molecule has 88 valence electrons. The minimum atomic E-state index is 0.835. The van der Waals surface area contributed by atoms with Crippen molar-refractivity contribution in [3.05, 3.63) is 0 Å². The van der Waals surface area contributed by atoms with Gasteiger partial charge in [-0.15, -0.1) is 0 Å². The van der Waals surface area contributed by atoms with Crippen molar-refractivity contribution in [2.75, 3.05) is 13.1 Å². The number of rotatable bonds is 6. The maximum absolute atomic E-state index is 5.19. The second-order valence-corrected chi connectivity index (χ2v) is 4.88. The number of unbranched alkanes of at least 4 members (excludes halogenated alkanes) is 1. The van der Waals surface area contributed by atoms with Crippen molar-refractivity contribution < 1.29 is 0 Å². The molecule has 0 aromatic rings. The highest BCUT2D eigenvalue weighted by Gasteiger charge is 2.13. The van der Waals surface area contributed by atoms with Crippen LogP contribution >= 0.6 is 12.2 Å². The van der Waals surface area contributed by atoms with E-state index in [1.54, 1.807) is 0 Å². The summed E-state index contributed by atoms with van der Waals surface area (Å²) < 4.78 is 0. The number of nitrogens with one attached hydrogen (secondary N) is 2. The molecule has 0 radical (unpaired) electrons. The topological polar surface area (TPSA) is 24.1 Å². The van der Waals surface area contributed by atoms with Gasteiger partial charge in [-0.25, -0.2) is 0 Å². The Balaban J connectivity index is 1.91. The van der Waals surface area contributed by atoms with Gasteiger partial charge in [-0.2, -0.15) is 0 Å². The standard InChI is InChI=1S/C12H24N2S/c1-2-3-9-13-12(15)14-10-8-11-6-4-5-7-11/h11H,2-10H2,1H3,(H2,13,14,15). The Morgan fingerprint density at radius 3 is 2.53 bits per heavy atom. The fourth-order valence-electron chi connectivity index (χ4n) is 2.13. The van der Waals surface area contributed by atoms with Crippen LogP contribution in [0.5, 0.6) is 0 Å². The minimum Gasteiger partial charge on any atom is -0.363 e. The van der Waals surface area contributed by atoms with Gasteiger partial charge >= 0.3 is 0 Å². The zero-order valence-corrected chi connectivity index (χ0v) is 10.7. The zero-order valence-electron chi connectivity index (χ0n) is 9.85. The first kappa shape index (κ1) is 12.8. The molecule has 3 heteroatoms. The third-order valence-electron chi connectivity index (χ3n) is 3.13. The summed E-state index contributed by atoms with van der Waals surface area (Å²) in [6.45, 7) is 4.24. The van der Waals surface area contributed by atoms with Crippen molar-refractivity contribution in [3.8, 4) is 0 Å². The molecule has 0 atom stereocenters. The molecule has 0 aromatic carbocycles. The quantitative estimate of drug-likeness (QED) is 0.540. The van der Waals surface area contributed by atoms with E-state index >= 15 is 0 Å². The third-order valence-corrected chi connectivity index (χ3v) is 3.42. The minimum absolute atomic E-state index is 0.835. The average Bonchev–Trinajstić information content (AvgIpc) is 2.71. The van der Waals surface area contributed by atoms with E-state index < -0.39 is 0 Å². The largest absolute Gasteiger partial charge is 0.363 e. The molecule has 1 saturated carbocycles. The van der Waals surface area contributed by atoms with Gasteiger partial charge in [0.25, 0.3) is 0 Å². The van der Waals surface area contributed by atoms with Crippen molar-refractivity contribution in [1.29, 1.82) is 0 Å². The van der Waals surface area contributed by atoms with Crippen LogP contribution in [0.4, 0.5) is 0 Å². The third kappa shape index (κ3) is 5.98. The van der Waals surface area contributed by atoms with Crippen LogP contribution in [-0.2, 0) is 0 Å². The average molecular weight is 228 g/mol. The first-order chi connectivity index (χ1) is 7.33. The molecule has 15 heavy (non-hydrogen) atoms. The summed E-state index contributed by atoms with van der Waals surface area (Å²) in [6.07, 6.45) is 9.43. The van der Waals surface area contributed by atoms with Gasteiger partial charge in [0, 0.05) is 13.1 Å². The summed E-state index contributed by atoms with van der Waals surface area (Å²) in [5.74, 6) is 0.955. The highest BCUT2D eigenvalue weighted by atomic mass is 32.1. The summed E-state index contributed by atoms with van der Waals surface area (Å²) in [7, 11) is 0. The first-order valence-electron chi connectivity index (χ1n) is 6.34. The van der Waals surface area contributed by atoms with E-state index in [-0.39, 0.29) is 0 Å². The van der Waals surface area contributed by atoms with Crippen LogP contribution in [0.2, 0.25) is 0 Å². The van der Waals surface area contributed by atoms with Crippen molar-refractivity contribution in [2.45, 2.75) is 51.9 Å². The normalized spacial score (nSPS) is 16.6. The molecule has 0 aliphatic heterocycles. The smallest absolute Gasteiger partial charge is 0.166 e. The van der Waals surface area contributed by atoms with Crippen LogP contribution in [0.25, 0.3) is 0 Å². The first-order valence-corrected chi connectivity index (χ1v) is 6.75. The number of hydrogen-bond acceptors (Lipinski definition) is 1. The lowest BCUT2D eigenvalue weighted by Gasteiger charge is -2.12. The second-order valence-electron chi connectivity index (χ2n) is 4.48. The molecule has 2 nitrogen and oxygen atoms in total. The van der Waals surface area contributed by atoms with Gasteiger partial charge < -0.3 is 10.6 Å². The molecular formula is C12H24N2S. The summed E-state index contributed by atoms with van der Waals surface area (Å²) in [5.41, 5.74) is 0. The molecule has 0 saturated heterocycles. The SMILES string of the molecule is CCCCNC(=S)NCCC1CCCC1. The van der Waals surface area contributed by atoms with E-state index in [9.17, 15) is 0 Å². The van der Waals surface area contributed by atoms with Gasteiger partial charge in [-0.1, -0.05) is 39.0 Å². The highest BCUT2D eigenvalue weighted by molar-refractivity contribution is 7.80. The molecule has 2 N–H and O–H groups in total. The van der Waals surface area contributed by atoms with E-state index in [2.05, 4.69) is 17.6 Å². The predicted molar refractivity (Wildman–Crippen MR) is 70.1 cm³/mol. The van der Waals surface area contributed by atoms with Gasteiger partial charge in [0.05, 0.1) is 0 Å². The zero-order chi connectivity index (χ0) is 10.9. The maximum atomic E-state index is 5.19. The van der Waals surface area contributed by atoms with E-state index in [1.165, 1.54) is 44.9 Å². The Labute approximate surface area is 99.2 Å². The summed E-state index contributed by atoms with van der Waals surface area (Å²) in [4.78, 5) is 0. The Morgan fingerprint density at radius 1 is 1.20 bits per heavy atom. The number of thiocarbonyl (C=S) groups is 1. The Kier molecular flexibility index (Phi) is 6.73. The van der Waals surface area contributed by atoms with Crippen LogP contribution < -0.4 is 10.6 Å². The number of hydrogen-bond donors (Lipinski definition) is 2. The summed E-state index contributed by atoms with van der Waals surface area (Å²) >= 11 is 5.19. The monoisotopic (exact) mass is 228 g/mol. The fourth-order valence-corrected chi connectivity index (χ4v) is 2.33. The van der Waals surface area contributed by atoms with Crippen molar-refractivity contribution in [2.24, 2.45) is 5.92 Å². The van der Waals surface area contributed by atoms with Crippen LogP contribution in [0.3, 0.4) is 0 Å². The Hall–Kier alpha value is -0.310. The molecule has 0 bridgehead atoms. The summed E-state index contributed by atoms with van der Waals surface area (Å²) in [6, 6.07) is 0. The molecule has 0 heterocycles. The lowest BCUT2D eigenvalue weighted by atomic mass is 10.0. The van der Waals surface area contributed by atoms with Crippen LogP contribution in [0.15, 0.2) is 0 Å². The van der Waals surface area contributed by atoms with Crippen LogP contribution in [0, 0.1) is 5.92 Å². The van der Waals surface area contributed by atoms with E-state index in [0.29, 0.717) is 0 Å². The van der Waals surface area contributed by atoms with Gasteiger partial charge in [0.1, 0.15) is 0 Å². The predicted octanol–water partition coefficient (Wildman–Crippen LogP) is 2.83. The molecule has 0 aromatic heterocycles. The Bertz CT molecular complexity index is 176. The summed E-state index contributed by atoms with van der Waals surface area (Å²) in [5, 5.41) is 7.35. The molecule has 0 unspecified atom stereocenters. The fraction of sp³-hybridized carbons (Fsp3) is 0.917.